The van der Waals surface area contributed by atoms with Crippen LogP contribution in [-0.4, -0.2) is 13.0 Å². The highest BCUT2D eigenvalue weighted by molar-refractivity contribution is 6.02. The van der Waals surface area contributed by atoms with E-state index in [0.717, 1.165) is 37.8 Å². The Morgan fingerprint density at radius 2 is 1.73 bits per heavy atom. The second-order valence-corrected chi connectivity index (χ2v) is 7.70. The van der Waals surface area contributed by atoms with Gasteiger partial charge >= 0.3 is 0 Å². The molecule has 1 fully saturated rings. The van der Waals surface area contributed by atoms with Crippen molar-refractivity contribution in [2.24, 2.45) is 11.3 Å². The van der Waals surface area contributed by atoms with Crippen molar-refractivity contribution in [3.05, 3.63) is 71.8 Å². The summed E-state index contributed by atoms with van der Waals surface area (Å²) in [5, 5.41) is 0. The van der Waals surface area contributed by atoms with Crippen LogP contribution in [0.4, 0.5) is 5.69 Å². The fourth-order valence-corrected chi connectivity index (χ4v) is 5.13. The van der Waals surface area contributed by atoms with Crippen molar-refractivity contribution < 1.29 is 4.79 Å². The van der Waals surface area contributed by atoms with Crippen LogP contribution in [0.2, 0.25) is 0 Å². The van der Waals surface area contributed by atoms with Crippen molar-refractivity contribution in [3.63, 3.8) is 0 Å². The molecule has 0 unspecified atom stereocenters. The Kier molecular flexibility index (Phi) is 4.44. The molecular weight excluding hydrogens is 318 g/mol. The standard InChI is InChI=1S/C24H27NO/c1-3-18-17-24(23(26)25(2)20-13-8-5-9-14-20)16-10-15-21(24)22(18)19-11-6-4-7-12-19/h4-9,11-14,18H,3,10,15-17H2,1-2H3/t18-,24+/m0/s1. The Morgan fingerprint density at radius 1 is 1.08 bits per heavy atom. The van der Waals surface area contributed by atoms with E-state index in [1.54, 1.807) is 0 Å². The van der Waals surface area contributed by atoms with Crippen LogP contribution in [0.15, 0.2) is 66.2 Å². The van der Waals surface area contributed by atoms with Gasteiger partial charge in [-0.1, -0.05) is 61.0 Å². The fraction of sp³-hybridized carbons (Fsp3) is 0.375. The van der Waals surface area contributed by atoms with Gasteiger partial charge in [-0.2, -0.15) is 0 Å². The van der Waals surface area contributed by atoms with Gasteiger partial charge in [-0.15, -0.1) is 0 Å². The lowest BCUT2D eigenvalue weighted by Crippen LogP contribution is -2.40. The Labute approximate surface area is 156 Å². The molecule has 0 saturated heterocycles. The number of amides is 1. The number of rotatable bonds is 4. The number of hydrogen-bond donors (Lipinski definition) is 0. The van der Waals surface area contributed by atoms with Gasteiger partial charge in [0.25, 0.3) is 0 Å². The van der Waals surface area contributed by atoms with Gasteiger partial charge in [0.05, 0.1) is 5.41 Å². The van der Waals surface area contributed by atoms with Crippen LogP contribution in [-0.2, 0) is 4.79 Å². The average Bonchev–Trinajstić information content (AvgIpc) is 3.25. The molecule has 1 amide bonds. The fourth-order valence-electron chi connectivity index (χ4n) is 5.13. The third-order valence-corrected chi connectivity index (χ3v) is 6.37. The minimum atomic E-state index is -0.295. The van der Waals surface area contributed by atoms with E-state index in [0.29, 0.717) is 5.92 Å². The zero-order valence-electron chi connectivity index (χ0n) is 15.7. The number of carbonyl (C=O) groups is 1. The van der Waals surface area contributed by atoms with Gasteiger partial charge in [0.1, 0.15) is 0 Å². The number of para-hydroxylation sites is 1. The number of benzene rings is 2. The van der Waals surface area contributed by atoms with E-state index >= 15 is 0 Å². The molecule has 2 aromatic rings. The highest BCUT2D eigenvalue weighted by Gasteiger charge is 2.53. The molecule has 1 saturated carbocycles. The molecule has 2 aliphatic rings. The first-order valence-electron chi connectivity index (χ1n) is 9.79. The molecule has 2 nitrogen and oxygen atoms in total. The van der Waals surface area contributed by atoms with Crippen LogP contribution in [0.3, 0.4) is 0 Å². The van der Waals surface area contributed by atoms with E-state index in [2.05, 4.69) is 37.3 Å². The van der Waals surface area contributed by atoms with Crippen molar-refractivity contribution in [1.29, 1.82) is 0 Å². The molecule has 0 aliphatic heterocycles. The predicted octanol–water partition coefficient (Wildman–Crippen LogP) is 5.70. The summed E-state index contributed by atoms with van der Waals surface area (Å²) in [7, 11) is 1.93. The molecule has 0 heterocycles. The maximum absolute atomic E-state index is 13.7. The smallest absolute Gasteiger partial charge is 0.237 e. The topological polar surface area (TPSA) is 20.3 Å². The van der Waals surface area contributed by atoms with Crippen LogP contribution in [0.5, 0.6) is 0 Å². The quantitative estimate of drug-likeness (QED) is 0.695. The van der Waals surface area contributed by atoms with Gasteiger partial charge < -0.3 is 4.90 Å². The zero-order valence-corrected chi connectivity index (χ0v) is 15.7. The van der Waals surface area contributed by atoms with Gasteiger partial charge in [-0.25, -0.2) is 0 Å². The van der Waals surface area contributed by atoms with Crippen molar-refractivity contribution in [1.82, 2.24) is 0 Å². The predicted molar refractivity (Wildman–Crippen MR) is 108 cm³/mol. The summed E-state index contributed by atoms with van der Waals surface area (Å²) < 4.78 is 0. The van der Waals surface area contributed by atoms with Gasteiger partial charge in [0.2, 0.25) is 5.91 Å². The van der Waals surface area contributed by atoms with Gasteiger partial charge in [-0.05, 0) is 61.3 Å². The molecule has 26 heavy (non-hydrogen) atoms. The first-order chi connectivity index (χ1) is 12.7. The molecule has 2 aliphatic carbocycles. The molecular formula is C24H27NO. The van der Waals surface area contributed by atoms with Crippen LogP contribution in [0, 0.1) is 11.3 Å². The van der Waals surface area contributed by atoms with Crippen molar-refractivity contribution in [2.75, 3.05) is 11.9 Å². The highest BCUT2D eigenvalue weighted by atomic mass is 16.2. The van der Waals surface area contributed by atoms with Gasteiger partial charge in [-0.3, -0.25) is 4.79 Å². The van der Waals surface area contributed by atoms with E-state index in [4.69, 9.17) is 0 Å². The average molecular weight is 345 g/mol. The van der Waals surface area contributed by atoms with Gasteiger partial charge in [0, 0.05) is 12.7 Å². The maximum atomic E-state index is 13.7. The SMILES string of the molecule is CC[C@H]1C[C@]2(C(=O)N(C)c3ccccc3)CCCC2=C1c1ccccc1. The lowest BCUT2D eigenvalue weighted by atomic mass is 9.79. The molecule has 134 valence electrons. The maximum Gasteiger partial charge on any atom is 0.237 e. The Balaban J connectivity index is 1.78. The lowest BCUT2D eigenvalue weighted by molar-refractivity contribution is -0.126. The molecule has 0 radical (unpaired) electrons. The Hall–Kier alpha value is -2.35. The molecule has 0 aromatic heterocycles. The molecule has 0 N–H and O–H groups in total. The largest absolute Gasteiger partial charge is 0.315 e. The lowest BCUT2D eigenvalue weighted by Gasteiger charge is -2.31. The molecule has 0 spiro atoms. The molecule has 2 heteroatoms. The van der Waals surface area contributed by atoms with E-state index in [1.807, 2.05) is 42.3 Å². The third-order valence-electron chi connectivity index (χ3n) is 6.37. The summed E-state index contributed by atoms with van der Waals surface area (Å²) in [6.45, 7) is 2.26. The number of anilines is 1. The summed E-state index contributed by atoms with van der Waals surface area (Å²) >= 11 is 0. The van der Waals surface area contributed by atoms with E-state index in [1.165, 1.54) is 16.7 Å². The minimum Gasteiger partial charge on any atom is -0.315 e. The number of allylic oxidation sites excluding steroid dienone is 1. The summed E-state index contributed by atoms with van der Waals surface area (Å²) in [6.07, 6.45) is 5.24. The summed E-state index contributed by atoms with van der Waals surface area (Å²) in [4.78, 5) is 15.6. The summed E-state index contributed by atoms with van der Waals surface area (Å²) in [5.41, 5.74) is 4.88. The number of carbonyl (C=O) groups excluding carboxylic acids is 1. The van der Waals surface area contributed by atoms with Crippen LogP contribution >= 0.6 is 0 Å². The van der Waals surface area contributed by atoms with E-state index in [9.17, 15) is 4.79 Å². The monoisotopic (exact) mass is 345 g/mol. The van der Waals surface area contributed by atoms with Crippen molar-refractivity contribution in [2.45, 2.75) is 39.0 Å². The Morgan fingerprint density at radius 3 is 2.38 bits per heavy atom. The second-order valence-electron chi connectivity index (χ2n) is 7.70. The van der Waals surface area contributed by atoms with Crippen LogP contribution in [0.1, 0.15) is 44.6 Å². The molecule has 2 aromatic carbocycles. The first kappa shape index (κ1) is 17.1. The van der Waals surface area contributed by atoms with Crippen LogP contribution < -0.4 is 4.90 Å². The summed E-state index contributed by atoms with van der Waals surface area (Å²) in [6, 6.07) is 20.8. The molecule has 0 bridgehead atoms. The van der Waals surface area contributed by atoms with Gasteiger partial charge in [0.15, 0.2) is 0 Å². The zero-order chi connectivity index (χ0) is 18.1. The van der Waals surface area contributed by atoms with Crippen molar-refractivity contribution in [3.8, 4) is 0 Å². The number of hydrogen-bond acceptors (Lipinski definition) is 1. The van der Waals surface area contributed by atoms with Crippen molar-refractivity contribution >= 4 is 17.2 Å². The molecule has 2 atom stereocenters. The number of fused-ring (bicyclic) bond motifs is 1. The minimum absolute atomic E-state index is 0.278. The Bertz CT molecular complexity index is 824. The third kappa shape index (κ3) is 2.59. The van der Waals surface area contributed by atoms with E-state index in [-0.39, 0.29) is 11.3 Å². The number of nitrogens with zero attached hydrogens (tertiary/aromatic N) is 1. The normalized spacial score (nSPS) is 24.6. The first-order valence-corrected chi connectivity index (χ1v) is 9.79. The summed E-state index contributed by atoms with van der Waals surface area (Å²) in [5.74, 6) is 0.765. The van der Waals surface area contributed by atoms with Crippen LogP contribution in [0.25, 0.3) is 5.57 Å². The second kappa shape index (κ2) is 6.75. The van der Waals surface area contributed by atoms with E-state index < -0.39 is 0 Å². The highest BCUT2D eigenvalue weighted by Crippen LogP contribution is 2.59. The molecule has 4 rings (SSSR count).